The van der Waals surface area contributed by atoms with E-state index in [0.29, 0.717) is 18.8 Å². The smallest absolute Gasteiger partial charge is 0.335 e. The van der Waals surface area contributed by atoms with Gasteiger partial charge < -0.3 is 25.7 Å². The Labute approximate surface area is 173 Å². The molecule has 1 saturated heterocycles. The van der Waals surface area contributed by atoms with Crippen molar-refractivity contribution in [3.63, 3.8) is 0 Å². The molecule has 1 aliphatic rings. The Morgan fingerprint density at radius 1 is 1.27 bits per heavy atom. The fourth-order valence-electron chi connectivity index (χ4n) is 2.71. The van der Waals surface area contributed by atoms with Crippen LogP contribution in [-0.4, -0.2) is 82.5 Å². The van der Waals surface area contributed by atoms with Gasteiger partial charge in [-0.15, -0.1) is 0 Å². The second-order valence-corrected chi connectivity index (χ2v) is 8.80. The molecule has 2 unspecified atom stereocenters. The topological polar surface area (TPSA) is 161 Å². The van der Waals surface area contributed by atoms with Gasteiger partial charge in [0.05, 0.1) is 12.2 Å². The van der Waals surface area contributed by atoms with E-state index >= 15 is 0 Å². The summed E-state index contributed by atoms with van der Waals surface area (Å²) in [5.74, 6) is -0.387. The van der Waals surface area contributed by atoms with Gasteiger partial charge in [0.25, 0.3) is 0 Å². The Kier molecular flexibility index (Phi) is 6.34. The quantitative estimate of drug-likeness (QED) is 0.374. The number of anilines is 4. The van der Waals surface area contributed by atoms with Crippen molar-refractivity contribution in [1.82, 2.24) is 19.3 Å². The minimum atomic E-state index is -3.14. The summed E-state index contributed by atoms with van der Waals surface area (Å²) < 4.78 is 24.7. The predicted molar refractivity (Wildman–Crippen MR) is 110 cm³/mol. The average Bonchev–Trinajstić information content (AvgIpc) is 3.20. The van der Waals surface area contributed by atoms with Crippen LogP contribution in [0.5, 0.6) is 0 Å². The summed E-state index contributed by atoms with van der Waals surface area (Å²) >= 11 is 0. The number of rotatable bonds is 10. The first-order valence-corrected chi connectivity index (χ1v) is 10.7. The lowest BCUT2D eigenvalue weighted by atomic mass is 10.2. The number of carbonyl (C=O) groups is 1. The summed E-state index contributed by atoms with van der Waals surface area (Å²) in [6.07, 6.45) is 0. The fourth-order valence-corrected chi connectivity index (χ4v) is 4.06. The Morgan fingerprint density at radius 3 is 2.60 bits per heavy atom. The lowest BCUT2D eigenvalue weighted by Crippen LogP contribution is -2.27. The molecule has 0 bridgehead atoms. The molecule has 0 saturated carbocycles. The van der Waals surface area contributed by atoms with E-state index in [4.69, 9.17) is 10.2 Å². The summed E-state index contributed by atoms with van der Waals surface area (Å²) in [6.45, 7) is 2.40. The molecule has 12 nitrogen and oxygen atoms in total. The molecule has 2 atom stereocenters. The Bertz CT molecular complexity index is 1030. The van der Waals surface area contributed by atoms with Crippen LogP contribution in [0.4, 0.5) is 23.5 Å². The summed E-state index contributed by atoms with van der Waals surface area (Å²) in [7, 11) is -1.42. The number of carboxylic acids is 1. The van der Waals surface area contributed by atoms with Crippen molar-refractivity contribution in [3.05, 3.63) is 29.8 Å². The predicted octanol–water partition coefficient (Wildman–Crippen LogP) is 0.145. The van der Waals surface area contributed by atoms with E-state index in [0.717, 1.165) is 0 Å². The number of nitrogens with one attached hydrogen (secondary N) is 2. The van der Waals surface area contributed by atoms with Gasteiger partial charge in [-0.25, -0.2) is 13.2 Å². The maximum absolute atomic E-state index is 11.6. The molecule has 0 amide bonds. The van der Waals surface area contributed by atoms with Gasteiger partial charge >= 0.3 is 5.97 Å². The maximum Gasteiger partial charge on any atom is 0.335 e. The molecule has 13 heteroatoms. The van der Waals surface area contributed by atoms with E-state index in [9.17, 15) is 13.2 Å². The van der Waals surface area contributed by atoms with Gasteiger partial charge in [0.15, 0.2) is 0 Å². The van der Waals surface area contributed by atoms with E-state index in [1.807, 2.05) is 0 Å². The molecule has 3 rings (SSSR count). The number of nitrogens with zero attached hydrogens (tertiary/aromatic N) is 5. The number of aliphatic hydroxyl groups is 1. The third kappa shape index (κ3) is 4.93. The SMILES string of the molecule is CC1N(CCN(C)c2nc(NCCO)nc(Nc3cccc(C(=O)O)c3)n2)S1(=O)=O. The number of sulfonamides is 1. The Morgan fingerprint density at radius 2 is 1.97 bits per heavy atom. The molecule has 162 valence electrons. The van der Waals surface area contributed by atoms with Crippen LogP contribution in [0.1, 0.15) is 17.3 Å². The van der Waals surface area contributed by atoms with Crippen molar-refractivity contribution in [2.45, 2.75) is 12.3 Å². The first-order chi connectivity index (χ1) is 14.2. The molecular weight excluding hydrogens is 414 g/mol. The Balaban J connectivity index is 1.79. The molecule has 2 heterocycles. The first kappa shape index (κ1) is 21.7. The van der Waals surface area contributed by atoms with E-state index in [-0.39, 0.29) is 36.6 Å². The minimum Gasteiger partial charge on any atom is -0.478 e. The normalized spacial score (nSPS) is 19.2. The van der Waals surface area contributed by atoms with Crippen molar-refractivity contribution < 1.29 is 23.4 Å². The molecule has 0 radical (unpaired) electrons. The number of aromatic carboxylic acids is 1. The second kappa shape index (κ2) is 8.77. The van der Waals surface area contributed by atoms with Crippen molar-refractivity contribution in [1.29, 1.82) is 0 Å². The van der Waals surface area contributed by atoms with E-state index in [1.165, 1.54) is 16.4 Å². The van der Waals surface area contributed by atoms with E-state index in [1.54, 1.807) is 31.0 Å². The van der Waals surface area contributed by atoms with Gasteiger partial charge in [0, 0.05) is 32.4 Å². The number of hydrogen-bond donors (Lipinski definition) is 4. The average molecular weight is 437 g/mol. The van der Waals surface area contributed by atoms with Gasteiger partial charge in [0.1, 0.15) is 5.37 Å². The minimum absolute atomic E-state index is 0.110. The van der Waals surface area contributed by atoms with Crippen LogP contribution in [-0.2, 0) is 10.0 Å². The fraction of sp³-hybridized carbons (Fsp3) is 0.412. The van der Waals surface area contributed by atoms with Crippen LogP contribution in [0, 0.1) is 0 Å². The van der Waals surface area contributed by atoms with Crippen molar-refractivity contribution in [2.24, 2.45) is 0 Å². The number of aliphatic hydroxyl groups excluding tert-OH is 1. The highest BCUT2D eigenvalue weighted by Crippen LogP contribution is 2.29. The summed E-state index contributed by atoms with van der Waals surface area (Å²) in [5.41, 5.74) is 0.589. The highest BCUT2D eigenvalue weighted by Gasteiger charge is 2.50. The summed E-state index contributed by atoms with van der Waals surface area (Å²) in [4.78, 5) is 25.7. The van der Waals surface area contributed by atoms with Gasteiger partial charge in [-0.3, -0.25) is 0 Å². The highest BCUT2D eigenvalue weighted by molar-refractivity contribution is 7.95. The van der Waals surface area contributed by atoms with Crippen LogP contribution in [0.2, 0.25) is 0 Å². The standard InChI is InChI=1S/C17H23N7O5S/c1-11-24(30(11,28)29)8-7-23(2)17-21-15(18-6-9-25)20-16(22-17)19-13-5-3-4-12(10-13)14(26)27/h3-5,10-11,25H,6-9H2,1-2H3,(H,26,27)(H2,18,19,20,21,22). The van der Waals surface area contributed by atoms with Crippen LogP contribution in [0.25, 0.3) is 0 Å². The van der Waals surface area contributed by atoms with Crippen LogP contribution >= 0.6 is 0 Å². The Hall–Kier alpha value is -3.03. The highest BCUT2D eigenvalue weighted by atomic mass is 32.2. The molecule has 1 aromatic carbocycles. The largest absolute Gasteiger partial charge is 0.478 e. The summed E-state index contributed by atoms with van der Waals surface area (Å²) in [5, 5.41) is 23.5. The van der Waals surface area contributed by atoms with E-state index in [2.05, 4.69) is 25.6 Å². The number of hydrogen-bond acceptors (Lipinski definition) is 10. The molecule has 0 aliphatic carbocycles. The van der Waals surface area contributed by atoms with Crippen molar-refractivity contribution in [3.8, 4) is 0 Å². The van der Waals surface area contributed by atoms with Gasteiger partial charge in [-0.05, 0) is 25.1 Å². The molecule has 1 aliphatic heterocycles. The van der Waals surface area contributed by atoms with Gasteiger partial charge in [-0.1, -0.05) is 6.07 Å². The zero-order valence-electron chi connectivity index (χ0n) is 16.5. The molecule has 0 spiro atoms. The molecule has 30 heavy (non-hydrogen) atoms. The molecule has 4 N–H and O–H groups in total. The lowest BCUT2D eigenvalue weighted by Gasteiger charge is -2.18. The van der Waals surface area contributed by atoms with Gasteiger partial charge in [-0.2, -0.15) is 19.3 Å². The van der Waals surface area contributed by atoms with Crippen molar-refractivity contribution in [2.75, 3.05) is 48.8 Å². The number of carboxylic acid groups (broad SMARTS) is 1. The van der Waals surface area contributed by atoms with Crippen molar-refractivity contribution >= 4 is 39.5 Å². The summed E-state index contributed by atoms with van der Waals surface area (Å²) in [6, 6.07) is 6.18. The van der Waals surface area contributed by atoms with Crippen LogP contribution in [0.3, 0.4) is 0 Å². The lowest BCUT2D eigenvalue weighted by molar-refractivity contribution is 0.0697. The number of likely N-dealkylation sites (N-methyl/N-ethyl adjacent to an activating group) is 1. The van der Waals surface area contributed by atoms with Crippen LogP contribution in [0.15, 0.2) is 24.3 Å². The van der Waals surface area contributed by atoms with Gasteiger partial charge in [0.2, 0.25) is 27.9 Å². The maximum atomic E-state index is 11.6. The van der Waals surface area contributed by atoms with Crippen LogP contribution < -0.4 is 15.5 Å². The zero-order chi connectivity index (χ0) is 21.9. The zero-order valence-corrected chi connectivity index (χ0v) is 17.3. The molecule has 2 aromatic rings. The first-order valence-electron chi connectivity index (χ1n) is 9.15. The number of benzene rings is 1. The molecule has 1 fully saturated rings. The molecule has 1 aromatic heterocycles. The second-order valence-electron chi connectivity index (χ2n) is 6.62. The molecular formula is C17H23N7O5S. The third-order valence-corrected chi connectivity index (χ3v) is 6.55. The third-order valence-electron chi connectivity index (χ3n) is 4.50. The monoisotopic (exact) mass is 437 g/mol. The number of aromatic nitrogens is 3. The van der Waals surface area contributed by atoms with E-state index < -0.39 is 21.4 Å².